The zero-order chi connectivity index (χ0) is 15.3. The van der Waals surface area contributed by atoms with Crippen LogP contribution in [0.15, 0.2) is 24.3 Å². The molecule has 0 bridgehead atoms. The number of halogens is 1. The molecule has 1 amide bonds. The lowest BCUT2D eigenvalue weighted by Gasteiger charge is -2.34. The summed E-state index contributed by atoms with van der Waals surface area (Å²) < 4.78 is 10.1. The van der Waals surface area contributed by atoms with Crippen LogP contribution in [0.5, 0.6) is 0 Å². The van der Waals surface area contributed by atoms with Gasteiger partial charge in [0.25, 0.3) is 5.91 Å². The van der Waals surface area contributed by atoms with Crippen molar-refractivity contribution < 1.29 is 19.1 Å². The van der Waals surface area contributed by atoms with Crippen LogP contribution in [0.4, 0.5) is 5.69 Å². The molecule has 122 valence electrons. The van der Waals surface area contributed by atoms with Crippen LogP contribution < -0.4 is 10.6 Å². The monoisotopic (exact) mass is 328 g/mol. The first-order valence-corrected chi connectivity index (χ1v) is 6.87. The largest absolute Gasteiger partial charge is 0.465 e. The molecule has 1 heterocycles. The fourth-order valence-electron chi connectivity index (χ4n) is 2.44. The van der Waals surface area contributed by atoms with E-state index < -0.39 is 11.6 Å². The van der Waals surface area contributed by atoms with E-state index in [0.29, 0.717) is 24.1 Å². The number of anilines is 1. The third-order valence-corrected chi connectivity index (χ3v) is 3.76. The maximum Gasteiger partial charge on any atom is 0.337 e. The lowest BCUT2D eigenvalue weighted by molar-refractivity contribution is -0.140. The van der Waals surface area contributed by atoms with Crippen molar-refractivity contribution in [3.05, 3.63) is 29.8 Å². The zero-order valence-corrected chi connectivity index (χ0v) is 13.5. The van der Waals surface area contributed by atoms with Crippen molar-refractivity contribution in [1.82, 2.24) is 5.32 Å². The third kappa shape index (κ3) is 3.97. The highest BCUT2D eigenvalue weighted by atomic mass is 35.5. The highest BCUT2D eigenvalue weighted by Crippen LogP contribution is 2.24. The summed E-state index contributed by atoms with van der Waals surface area (Å²) in [6.45, 7) is 1.48. The zero-order valence-electron chi connectivity index (χ0n) is 12.7. The first kappa shape index (κ1) is 18.4. The Morgan fingerprint density at radius 3 is 2.50 bits per heavy atom. The number of carbonyl (C=O) groups is 2. The van der Waals surface area contributed by atoms with E-state index in [0.717, 1.165) is 13.1 Å². The number of hydrogen-bond donors (Lipinski definition) is 2. The number of carbonyl (C=O) groups excluding carboxylic acids is 2. The molecule has 7 heteroatoms. The number of benzene rings is 1. The summed E-state index contributed by atoms with van der Waals surface area (Å²) in [5.41, 5.74) is 0.136. The molecule has 6 nitrogen and oxygen atoms in total. The maximum absolute atomic E-state index is 12.5. The Bertz CT molecular complexity index is 530. The van der Waals surface area contributed by atoms with E-state index in [4.69, 9.17) is 4.74 Å². The predicted octanol–water partition coefficient (Wildman–Crippen LogP) is 1.60. The van der Waals surface area contributed by atoms with Crippen LogP contribution in [-0.4, -0.2) is 44.8 Å². The molecular weight excluding hydrogens is 308 g/mol. The number of nitrogens with one attached hydrogen (secondary N) is 2. The minimum absolute atomic E-state index is 0. The van der Waals surface area contributed by atoms with Gasteiger partial charge in [0.2, 0.25) is 0 Å². The molecule has 0 saturated carbocycles. The Labute approximate surface area is 136 Å². The Hall–Kier alpha value is -1.63. The number of amides is 1. The second-order valence-electron chi connectivity index (χ2n) is 4.97. The molecular formula is C15H21ClN2O4. The number of hydrogen-bond acceptors (Lipinski definition) is 5. The summed E-state index contributed by atoms with van der Waals surface area (Å²) >= 11 is 0. The SMILES string of the molecule is COC(=O)c1cccc(NC(=O)C2(OC)CCNCC2)c1.Cl. The summed E-state index contributed by atoms with van der Waals surface area (Å²) in [7, 11) is 2.87. The van der Waals surface area contributed by atoms with Gasteiger partial charge in [-0.2, -0.15) is 0 Å². The molecule has 22 heavy (non-hydrogen) atoms. The first-order chi connectivity index (χ1) is 10.1. The lowest BCUT2D eigenvalue weighted by atomic mass is 9.91. The van der Waals surface area contributed by atoms with Gasteiger partial charge in [0.15, 0.2) is 0 Å². The van der Waals surface area contributed by atoms with E-state index in [-0.39, 0.29) is 18.3 Å². The van der Waals surface area contributed by atoms with Crippen LogP contribution in [-0.2, 0) is 14.3 Å². The molecule has 0 aliphatic carbocycles. The van der Waals surface area contributed by atoms with Gasteiger partial charge in [-0.1, -0.05) is 6.07 Å². The van der Waals surface area contributed by atoms with E-state index in [1.165, 1.54) is 7.11 Å². The molecule has 0 unspecified atom stereocenters. The van der Waals surface area contributed by atoms with E-state index in [1.807, 2.05) is 0 Å². The average Bonchev–Trinajstić information content (AvgIpc) is 2.54. The van der Waals surface area contributed by atoms with E-state index >= 15 is 0 Å². The topological polar surface area (TPSA) is 76.7 Å². The third-order valence-electron chi connectivity index (χ3n) is 3.76. The highest BCUT2D eigenvalue weighted by Gasteiger charge is 2.39. The van der Waals surface area contributed by atoms with Gasteiger partial charge in [-0.25, -0.2) is 4.79 Å². The van der Waals surface area contributed by atoms with Crippen molar-refractivity contribution in [2.24, 2.45) is 0 Å². The van der Waals surface area contributed by atoms with Crippen molar-refractivity contribution >= 4 is 30.0 Å². The summed E-state index contributed by atoms with van der Waals surface area (Å²) in [5, 5.41) is 6.03. The quantitative estimate of drug-likeness (QED) is 0.821. The first-order valence-electron chi connectivity index (χ1n) is 6.87. The van der Waals surface area contributed by atoms with Gasteiger partial charge in [-0.3, -0.25) is 4.79 Å². The molecule has 0 spiro atoms. The minimum atomic E-state index is -0.813. The Morgan fingerprint density at radius 2 is 1.91 bits per heavy atom. The number of esters is 1. The fraction of sp³-hybridized carbons (Fsp3) is 0.467. The molecule has 0 radical (unpaired) electrons. The second-order valence-corrected chi connectivity index (χ2v) is 4.97. The maximum atomic E-state index is 12.5. The van der Waals surface area contributed by atoms with Crippen molar-refractivity contribution in [3.8, 4) is 0 Å². The van der Waals surface area contributed by atoms with Crippen LogP contribution in [0.3, 0.4) is 0 Å². The normalized spacial score (nSPS) is 16.3. The molecule has 1 aromatic carbocycles. The average molecular weight is 329 g/mol. The summed E-state index contributed by atoms with van der Waals surface area (Å²) in [4.78, 5) is 24.0. The van der Waals surface area contributed by atoms with E-state index in [2.05, 4.69) is 15.4 Å². The van der Waals surface area contributed by atoms with Crippen LogP contribution in [0.2, 0.25) is 0 Å². The van der Waals surface area contributed by atoms with Crippen LogP contribution >= 0.6 is 12.4 Å². The number of rotatable bonds is 4. The van der Waals surface area contributed by atoms with Crippen LogP contribution in [0.1, 0.15) is 23.2 Å². The molecule has 1 aliphatic heterocycles. The van der Waals surface area contributed by atoms with Gasteiger partial charge < -0.3 is 20.1 Å². The van der Waals surface area contributed by atoms with Crippen LogP contribution in [0, 0.1) is 0 Å². The second kappa shape index (κ2) is 8.12. The molecule has 1 saturated heterocycles. The van der Waals surface area contributed by atoms with E-state index in [9.17, 15) is 9.59 Å². The highest BCUT2D eigenvalue weighted by molar-refractivity contribution is 5.99. The van der Waals surface area contributed by atoms with Crippen molar-refractivity contribution in [2.45, 2.75) is 18.4 Å². The molecule has 0 atom stereocenters. The number of methoxy groups -OCH3 is 2. The standard InChI is InChI=1S/C15H20N2O4.ClH/c1-20-13(18)11-4-3-5-12(10-11)17-14(19)15(21-2)6-8-16-9-7-15;/h3-5,10,16H,6-9H2,1-2H3,(H,17,19);1H. The summed E-state index contributed by atoms with van der Waals surface area (Å²) in [6, 6.07) is 6.66. The summed E-state index contributed by atoms with van der Waals surface area (Å²) in [6.07, 6.45) is 1.23. The van der Waals surface area contributed by atoms with Gasteiger partial charge in [-0.15, -0.1) is 12.4 Å². The van der Waals surface area contributed by atoms with Crippen LogP contribution in [0.25, 0.3) is 0 Å². The predicted molar refractivity (Wildman–Crippen MR) is 85.5 cm³/mol. The van der Waals surface area contributed by atoms with Gasteiger partial charge >= 0.3 is 5.97 Å². The van der Waals surface area contributed by atoms with E-state index in [1.54, 1.807) is 31.4 Å². The molecule has 2 N–H and O–H groups in total. The number of ether oxygens (including phenoxy) is 2. The number of piperidine rings is 1. The Morgan fingerprint density at radius 1 is 1.23 bits per heavy atom. The van der Waals surface area contributed by atoms with Crippen molar-refractivity contribution in [2.75, 3.05) is 32.6 Å². The van der Waals surface area contributed by atoms with Crippen molar-refractivity contribution in [1.29, 1.82) is 0 Å². The molecule has 0 aromatic heterocycles. The molecule has 1 fully saturated rings. The smallest absolute Gasteiger partial charge is 0.337 e. The van der Waals surface area contributed by atoms with Crippen molar-refractivity contribution in [3.63, 3.8) is 0 Å². The Kier molecular flexibility index (Phi) is 6.80. The van der Waals surface area contributed by atoms with Gasteiger partial charge in [0, 0.05) is 12.8 Å². The molecule has 2 rings (SSSR count). The summed E-state index contributed by atoms with van der Waals surface area (Å²) in [5.74, 6) is -0.622. The van der Waals surface area contributed by atoms with Gasteiger partial charge in [-0.05, 0) is 44.1 Å². The lowest BCUT2D eigenvalue weighted by Crippen LogP contribution is -2.51. The van der Waals surface area contributed by atoms with Gasteiger partial charge in [0.1, 0.15) is 5.60 Å². The Balaban J connectivity index is 0.00000242. The molecule has 1 aromatic rings. The minimum Gasteiger partial charge on any atom is -0.465 e. The molecule has 1 aliphatic rings. The van der Waals surface area contributed by atoms with Gasteiger partial charge in [0.05, 0.1) is 12.7 Å². The fourth-order valence-corrected chi connectivity index (χ4v) is 2.44.